The molecule has 0 fully saturated rings. The van der Waals surface area contributed by atoms with Crippen LogP contribution in [0.15, 0.2) is 84.0 Å². The van der Waals surface area contributed by atoms with Crippen LogP contribution >= 0.6 is 11.6 Å². The average Bonchev–Trinajstić information content (AvgIpc) is 2.75. The summed E-state index contributed by atoms with van der Waals surface area (Å²) in [6, 6.07) is 24.2. The lowest BCUT2D eigenvalue weighted by atomic mass is 10.2. The fourth-order valence-electron chi connectivity index (χ4n) is 2.46. The predicted octanol–water partition coefficient (Wildman–Crippen LogP) is 4.84. The Hall–Kier alpha value is -3.31. The molecule has 0 heterocycles. The second-order valence-corrected chi connectivity index (χ2v) is 6.73. The number of hydrazone groups is 1. The first kappa shape index (κ1) is 20.4. The van der Waals surface area contributed by atoms with E-state index in [1.165, 1.54) is 0 Å². The number of nitrogens with one attached hydrogen (secondary N) is 1. The minimum atomic E-state index is -0.700. The third kappa shape index (κ3) is 6.66. The number of hydrogen-bond donors (Lipinski definition) is 1. The van der Waals surface area contributed by atoms with Crippen molar-refractivity contribution in [3.05, 3.63) is 95.0 Å². The van der Waals surface area contributed by atoms with Gasteiger partial charge in [-0.15, -0.1) is 0 Å². The van der Waals surface area contributed by atoms with E-state index in [4.69, 9.17) is 21.1 Å². The molecule has 0 aliphatic rings. The van der Waals surface area contributed by atoms with Crippen LogP contribution in [0.25, 0.3) is 0 Å². The van der Waals surface area contributed by atoms with Crippen molar-refractivity contribution in [2.45, 2.75) is 19.6 Å². The molecule has 0 aromatic heterocycles. The number of carbonyl (C=O) groups is 1. The number of hydrogen-bond acceptors (Lipinski definition) is 4. The van der Waals surface area contributed by atoms with Gasteiger partial charge in [0.25, 0.3) is 5.91 Å². The van der Waals surface area contributed by atoms with Gasteiger partial charge in [-0.05, 0) is 54.4 Å². The summed E-state index contributed by atoms with van der Waals surface area (Å²) in [6.07, 6.45) is 0.858. The molecule has 148 valence electrons. The third-order valence-corrected chi connectivity index (χ3v) is 4.24. The van der Waals surface area contributed by atoms with E-state index in [9.17, 15) is 4.79 Å². The summed E-state index contributed by atoms with van der Waals surface area (Å²) in [5.41, 5.74) is 4.38. The first-order valence-electron chi connectivity index (χ1n) is 9.12. The Morgan fingerprint density at radius 3 is 2.55 bits per heavy atom. The smallest absolute Gasteiger partial charge is 0.280 e. The molecule has 0 spiro atoms. The summed E-state index contributed by atoms with van der Waals surface area (Å²) in [5.74, 6) is 0.931. The number of rotatable bonds is 8. The minimum absolute atomic E-state index is 0.354. The quantitative estimate of drug-likeness (QED) is 0.428. The minimum Gasteiger partial charge on any atom is -0.489 e. The van der Waals surface area contributed by atoms with Crippen LogP contribution in [-0.2, 0) is 11.4 Å². The van der Waals surface area contributed by atoms with E-state index in [1.807, 2.05) is 54.6 Å². The molecule has 0 saturated carbocycles. The van der Waals surface area contributed by atoms with Crippen LogP contribution in [0.1, 0.15) is 18.1 Å². The van der Waals surface area contributed by atoms with E-state index in [-0.39, 0.29) is 5.91 Å². The van der Waals surface area contributed by atoms with Crippen LogP contribution < -0.4 is 14.9 Å². The molecule has 6 heteroatoms. The number of nitrogens with zero attached hydrogens (tertiary/aromatic N) is 1. The second-order valence-electron chi connectivity index (χ2n) is 6.30. The van der Waals surface area contributed by atoms with Crippen LogP contribution in [0.5, 0.6) is 11.5 Å². The highest BCUT2D eigenvalue weighted by Gasteiger charge is 2.13. The fraction of sp³-hybridized carbons (Fsp3) is 0.130. The van der Waals surface area contributed by atoms with Gasteiger partial charge in [-0.25, -0.2) is 5.43 Å². The van der Waals surface area contributed by atoms with Gasteiger partial charge in [-0.1, -0.05) is 54.1 Å². The van der Waals surface area contributed by atoms with Crippen LogP contribution in [0.3, 0.4) is 0 Å². The molecule has 3 rings (SSSR count). The molecular formula is C23H21ClN2O3. The Labute approximate surface area is 174 Å². The maximum atomic E-state index is 12.1. The number of carbonyl (C=O) groups excluding carboxylic acids is 1. The Morgan fingerprint density at radius 1 is 1.03 bits per heavy atom. The van der Waals surface area contributed by atoms with Crippen molar-refractivity contribution in [2.24, 2.45) is 5.10 Å². The van der Waals surface area contributed by atoms with Crippen LogP contribution in [0, 0.1) is 0 Å². The number of ether oxygens (including phenoxy) is 2. The maximum absolute atomic E-state index is 12.1. The number of amides is 1. The van der Waals surface area contributed by atoms with Crippen molar-refractivity contribution in [1.29, 1.82) is 0 Å². The summed E-state index contributed by atoms with van der Waals surface area (Å²) < 4.78 is 11.4. The zero-order valence-electron chi connectivity index (χ0n) is 15.9. The Bertz CT molecular complexity index is 959. The molecule has 1 atom stereocenters. The molecule has 5 nitrogen and oxygen atoms in total. The normalized spacial score (nSPS) is 11.8. The second kappa shape index (κ2) is 10.3. The number of benzene rings is 3. The van der Waals surface area contributed by atoms with Crippen LogP contribution in [0.4, 0.5) is 0 Å². The van der Waals surface area contributed by atoms with E-state index in [1.54, 1.807) is 37.4 Å². The zero-order chi connectivity index (χ0) is 20.5. The molecule has 1 amide bonds. The van der Waals surface area contributed by atoms with Crippen molar-refractivity contribution < 1.29 is 14.3 Å². The van der Waals surface area contributed by atoms with Crippen molar-refractivity contribution >= 4 is 23.7 Å². The standard InChI is InChI=1S/C23H21ClN2O3/c1-17(29-21-12-10-20(24)11-13-21)23(27)26-25-15-19-8-5-9-22(14-19)28-16-18-6-3-2-4-7-18/h2-15,17H,16H2,1H3,(H,26,27). The van der Waals surface area contributed by atoms with Gasteiger partial charge in [0.2, 0.25) is 0 Å². The molecule has 1 N–H and O–H groups in total. The highest BCUT2D eigenvalue weighted by atomic mass is 35.5. The molecule has 29 heavy (non-hydrogen) atoms. The van der Waals surface area contributed by atoms with E-state index in [0.717, 1.165) is 16.9 Å². The van der Waals surface area contributed by atoms with Gasteiger partial charge in [0, 0.05) is 5.02 Å². The van der Waals surface area contributed by atoms with Gasteiger partial charge in [0.1, 0.15) is 18.1 Å². The molecule has 0 radical (unpaired) electrons. The topological polar surface area (TPSA) is 59.9 Å². The van der Waals surface area contributed by atoms with Gasteiger partial charge >= 0.3 is 0 Å². The highest BCUT2D eigenvalue weighted by molar-refractivity contribution is 6.30. The molecule has 0 saturated heterocycles. The molecule has 0 aliphatic carbocycles. The van der Waals surface area contributed by atoms with Crippen LogP contribution in [-0.4, -0.2) is 18.2 Å². The van der Waals surface area contributed by atoms with Gasteiger partial charge in [0.05, 0.1) is 6.21 Å². The molecule has 0 bridgehead atoms. The molecule has 3 aromatic rings. The van der Waals surface area contributed by atoms with Gasteiger partial charge < -0.3 is 9.47 Å². The molecular weight excluding hydrogens is 388 g/mol. The highest BCUT2D eigenvalue weighted by Crippen LogP contribution is 2.17. The SMILES string of the molecule is CC(Oc1ccc(Cl)cc1)C(=O)NN=Cc1cccc(OCc2ccccc2)c1. The summed E-state index contributed by atoms with van der Waals surface area (Å²) in [6.45, 7) is 2.13. The molecule has 3 aromatic carbocycles. The van der Waals surface area contributed by atoms with Crippen molar-refractivity contribution in [3.8, 4) is 11.5 Å². The lowest BCUT2D eigenvalue weighted by Gasteiger charge is -2.12. The third-order valence-electron chi connectivity index (χ3n) is 3.99. The molecule has 1 unspecified atom stereocenters. The van der Waals surface area contributed by atoms with Gasteiger partial charge in [-0.2, -0.15) is 5.10 Å². The van der Waals surface area contributed by atoms with Gasteiger partial charge in [-0.3, -0.25) is 4.79 Å². The lowest BCUT2D eigenvalue weighted by molar-refractivity contribution is -0.127. The summed E-state index contributed by atoms with van der Waals surface area (Å²) >= 11 is 5.84. The largest absolute Gasteiger partial charge is 0.489 e. The average molecular weight is 409 g/mol. The van der Waals surface area contributed by atoms with E-state index in [0.29, 0.717) is 17.4 Å². The Morgan fingerprint density at radius 2 is 1.79 bits per heavy atom. The van der Waals surface area contributed by atoms with Crippen molar-refractivity contribution in [1.82, 2.24) is 5.43 Å². The summed E-state index contributed by atoms with van der Waals surface area (Å²) in [7, 11) is 0. The van der Waals surface area contributed by atoms with E-state index < -0.39 is 6.10 Å². The first-order chi connectivity index (χ1) is 14.1. The van der Waals surface area contributed by atoms with Crippen molar-refractivity contribution in [2.75, 3.05) is 0 Å². The van der Waals surface area contributed by atoms with Gasteiger partial charge in [0.15, 0.2) is 6.10 Å². The van der Waals surface area contributed by atoms with Crippen LogP contribution in [0.2, 0.25) is 5.02 Å². The Kier molecular flexibility index (Phi) is 7.25. The van der Waals surface area contributed by atoms with Crippen molar-refractivity contribution in [3.63, 3.8) is 0 Å². The monoisotopic (exact) mass is 408 g/mol. The Balaban J connectivity index is 1.50. The summed E-state index contributed by atoms with van der Waals surface area (Å²) in [5, 5.41) is 4.60. The first-order valence-corrected chi connectivity index (χ1v) is 9.50. The van der Waals surface area contributed by atoms with E-state index >= 15 is 0 Å². The number of halogens is 1. The maximum Gasteiger partial charge on any atom is 0.280 e. The summed E-state index contributed by atoms with van der Waals surface area (Å²) in [4.78, 5) is 12.1. The molecule has 0 aliphatic heterocycles. The van der Waals surface area contributed by atoms with E-state index in [2.05, 4.69) is 10.5 Å². The zero-order valence-corrected chi connectivity index (χ0v) is 16.7. The predicted molar refractivity (Wildman–Crippen MR) is 114 cm³/mol. The fourth-order valence-corrected chi connectivity index (χ4v) is 2.58. The lowest BCUT2D eigenvalue weighted by Crippen LogP contribution is -2.33.